The largest absolute Gasteiger partial charge is 0.450 e. The number of carbonyl (C=O) groups excluding carboxylic acids is 2. The molecule has 0 bridgehead atoms. The first-order valence-electron chi connectivity index (χ1n) is 8.45. The molecule has 3 rings (SSSR count). The molecule has 0 aliphatic rings. The van der Waals surface area contributed by atoms with Gasteiger partial charge in [0.2, 0.25) is 5.91 Å². The first kappa shape index (κ1) is 18.6. The van der Waals surface area contributed by atoms with Gasteiger partial charge in [-0.3, -0.25) is 10.1 Å². The first-order chi connectivity index (χ1) is 13.1. The molecule has 2 aromatic carbocycles. The fourth-order valence-corrected chi connectivity index (χ4v) is 3.34. The molecule has 0 spiro atoms. The van der Waals surface area contributed by atoms with Gasteiger partial charge in [0.05, 0.1) is 16.8 Å². The zero-order chi connectivity index (χ0) is 19.2. The Labute approximate surface area is 160 Å². The van der Waals surface area contributed by atoms with Crippen molar-refractivity contribution >= 4 is 51.0 Å². The fraction of sp³-hybridized carbons (Fsp3) is 0.150. The standard InChI is InChI=1S/C20H19N3O3S/c1-3-26-20(25)23-15-9-6-8-14(13(15)2)21-18(24)11-12-19-22-16-7-4-5-10-17(16)27-19/h4-12H,3H2,1-2H3,(H,21,24)(H,23,25). The summed E-state index contributed by atoms with van der Waals surface area (Å²) < 4.78 is 5.96. The number of fused-ring (bicyclic) bond motifs is 1. The molecule has 138 valence electrons. The Morgan fingerprint density at radius 3 is 2.59 bits per heavy atom. The van der Waals surface area contributed by atoms with Crippen molar-refractivity contribution in [1.29, 1.82) is 0 Å². The number of benzene rings is 2. The number of anilines is 2. The molecule has 1 aromatic heterocycles. The Morgan fingerprint density at radius 2 is 1.85 bits per heavy atom. The monoisotopic (exact) mass is 381 g/mol. The van der Waals surface area contributed by atoms with Crippen molar-refractivity contribution in [2.45, 2.75) is 13.8 Å². The number of para-hydroxylation sites is 1. The lowest BCUT2D eigenvalue weighted by Crippen LogP contribution is -2.15. The van der Waals surface area contributed by atoms with Crippen molar-refractivity contribution in [1.82, 2.24) is 4.98 Å². The van der Waals surface area contributed by atoms with Crippen LogP contribution in [0.2, 0.25) is 0 Å². The van der Waals surface area contributed by atoms with Crippen molar-refractivity contribution in [2.24, 2.45) is 0 Å². The van der Waals surface area contributed by atoms with Gasteiger partial charge < -0.3 is 10.1 Å². The highest BCUT2D eigenvalue weighted by atomic mass is 32.1. The van der Waals surface area contributed by atoms with Gasteiger partial charge in [0, 0.05) is 17.5 Å². The Balaban J connectivity index is 1.69. The summed E-state index contributed by atoms with van der Waals surface area (Å²) >= 11 is 1.52. The van der Waals surface area contributed by atoms with Crippen LogP contribution in [0.5, 0.6) is 0 Å². The molecule has 0 unspecified atom stereocenters. The van der Waals surface area contributed by atoms with E-state index in [0.29, 0.717) is 11.4 Å². The number of nitrogens with one attached hydrogen (secondary N) is 2. The number of carbonyl (C=O) groups is 2. The highest BCUT2D eigenvalue weighted by Gasteiger charge is 2.09. The number of thiazole rings is 1. The Hall–Kier alpha value is -3.19. The van der Waals surface area contributed by atoms with Crippen LogP contribution in [0.4, 0.5) is 16.2 Å². The first-order valence-corrected chi connectivity index (χ1v) is 9.26. The lowest BCUT2D eigenvalue weighted by atomic mass is 10.1. The molecular formula is C20H19N3O3S. The van der Waals surface area contributed by atoms with Gasteiger partial charge in [-0.05, 0) is 49.8 Å². The van der Waals surface area contributed by atoms with Gasteiger partial charge in [0.15, 0.2) is 0 Å². The molecule has 0 radical (unpaired) electrons. The molecule has 0 saturated heterocycles. The van der Waals surface area contributed by atoms with E-state index in [1.54, 1.807) is 31.2 Å². The van der Waals surface area contributed by atoms with E-state index in [-0.39, 0.29) is 12.5 Å². The highest BCUT2D eigenvalue weighted by molar-refractivity contribution is 7.19. The smallest absolute Gasteiger partial charge is 0.411 e. The molecule has 3 aromatic rings. The van der Waals surface area contributed by atoms with Gasteiger partial charge in [-0.2, -0.15) is 0 Å². The van der Waals surface area contributed by atoms with Crippen LogP contribution in [0.1, 0.15) is 17.5 Å². The number of aromatic nitrogens is 1. The Morgan fingerprint density at radius 1 is 1.11 bits per heavy atom. The van der Waals surface area contributed by atoms with Gasteiger partial charge in [0.1, 0.15) is 5.01 Å². The molecule has 1 heterocycles. The van der Waals surface area contributed by atoms with Crippen LogP contribution < -0.4 is 10.6 Å². The van der Waals surface area contributed by atoms with Gasteiger partial charge in [-0.25, -0.2) is 9.78 Å². The average molecular weight is 381 g/mol. The molecule has 27 heavy (non-hydrogen) atoms. The third-order valence-electron chi connectivity index (χ3n) is 3.79. The molecule has 2 N–H and O–H groups in total. The third-order valence-corrected chi connectivity index (χ3v) is 4.79. The summed E-state index contributed by atoms with van der Waals surface area (Å²) in [6, 6.07) is 13.1. The van der Waals surface area contributed by atoms with Gasteiger partial charge >= 0.3 is 6.09 Å². The van der Waals surface area contributed by atoms with Crippen molar-refractivity contribution in [2.75, 3.05) is 17.2 Å². The molecular weight excluding hydrogens is 362 g/mol. The van der Waals surface area contributed by atoms with Gasteiger partial charge in [-0.1, -0.05) is 18.2 Å². The van der Waals surface area contributed by atoms with E-state index < -0.39 is 6.09 Å². The summed E-state index contributed by atoms with van der Waals surface area (Å²) in [7, 11) is 0. The zero-order valence-electron chi connectivity index (χ0n) is 15.0. The summed E-state index contributed by atoms with van der Waals surface area (Å²) in [5, 5.41) is 6.24. The molecule has 6 nitrogen and oxygen atoms in total. The molecule has 0 fully saturated rings. The average Bonchev–Trinajstić information content (AvgIpc) is 3.06. The zero-order valence-corrected chi connectivity index (χ0v) is 15.8. The van der Waals surface area contributed by atoms with Crippen LogP contribution >= 0.6 is 11.3 Å². The van der Waals surface area contributed by atoms with E-state index in [9.17, 15) is 9.59 Å². The van der Waals surface area contributed by atoms with E-state index in [1.807, 2.05) is 31.2 Å². The van der Waals surface area contributed by atoms with Gasteiger partial charge in [-0.15, -0.1) is 11.3 Å². The minimum Gasteiger partial charge on any atom is -0.450 e. The Kier molecular flexibility index (Phi) is 5.83. The third kappa shape index (κ3) is 4.71. The second-order valence-corrected chi connectivity index (χ2v) is 6.73. The number of nitrogens with zero attached hydrogens (tertiary/aromatic N) is 1. The minimum absolute atomic E-state index is 0.273. The van der Waals surface area contributed by atoms with E-state index in [2.05, 4.69) is 15.6 Å². The van der Waals surface area contributed by atoms with Crippen molar-refractivity contribution in [3.63, 3.8) is 0 Å². The maximum absolute atomic E-state index is 12.3. The SMILES string of the molecule is CCOC(=O)Nc1cccc(NC(=O)C=Cc2nc3ccccc3s2)c1C. The number of hydrogen-bond acceptors (Lipinski definition) is 5. The van der Waals surface area contributed by atoms with Crippen LogP contribution in [0, 0.1) is 6.92 Å². The lowest BCUT2D eigenvalue weighted by molar-refractivity contribution is -0.111. The molecule has 0 aliphatic carbocycles. The van der Waals surface area contributed by atoms with Crippen molar-refractivity contribution in [3.8, 4) is 0 Å². The van der Waals surface area contributed by atoms with Crippen LogP contribution in [-0.4, -0.2) is 23.6 Å². The molecule has 0 atom stereocenters. The topological polar surface area (TPSA) is 80.3 Å². The van der Waals surface area contributed by atoms with Crippen LogP contribution in [-0.2, 0) is 9.53 Å². The summed E-state index contributed by atoms with van der Waals surface area (Å²) in [6.45, 7) is 3.84. The maximum atomic E-state index is 12.3. The van der Waals surface area contributed by atoms with Crippen LogP contribution in [0.3, 0.4) is 0 Å². The molecule has 0 saturated carbocycles. The summed E-state index contributed by atoms with van der Waals surface area (Å²) in [6.07, 6.45) is 2.61. The van der Waals surface area contributed by atoms with Crippen molar-refractivity contribution in [3.05, 3.63) is 59.1 Å². The van der Waals surface area contributed by atoms with E-state index in [4.69, 9.17) is 4.74 Å². The number of ether oxygens (including phenoxy) is 1. The summed E-state index contributed by atoms with van der Waals surface area (Å²) in [5.41, 5.74) is 2.85. The van der Waals surface area contributed by atoms with Gasteiger partial charge in [0.25, 0.3) is 0 Å². The molecule has 7 heteroatoms. The highest BCUT2D eigenvalue weighted by Crippen LogP contribution is 2.24. The fourth-order valence-electron chi connectivity index (χ4n) is 2.47. The normalized spacial score (nSPS) is 10.9. The Bertz CT molecular complexity index is 978. The minimum atomic E-state index is -0.528. The predicted molar refractivity (Wildman–Crippen MR) is 109 cm³/mol. The van der Waals surface area contributed by atoms with Crippen LogP contribution in [0.25, 0.3) is 16.3 Å². The summed E-state index contributed by atoms with van der Waals surface area (Å²) in [4.78, 5) is 28.3. The molecule has 0 aliphatic heterocycles. The predicted octanol–water partition coefficient (Wildman–Crippen LogP) is 4.83. The summed E-state index contributed by atoms with van der Waals surface area (Å²) in [5.74, 6) is -0.273. The maximum Gasteiger partial charge on any atom is 0.411 e. The second kappa shape index (κ2) is 8.46. The quantitative estimate of drug-likeness (QED) is 0.621. The van der Waals surface area contributed by atoms with E-state index >= 15 is 0 Å². The van der Waals surface area contributed by atoms with Crippen molar-refractivity contribution < 1.29 is 14.3 Å². The lowest BCUT2D eigenvalue weighted by Gasteiger charge is -2.12. The van der Waals surface area contributed by atoms with Crippen LogP contribution in [0.15, 0.2) is 48.5 Å². The van der Waals surface area contributed by atoms with E-state index in [0.717, 1.165) is 20.8 Å². The number of amides is 2. The second-order valence-electron chi connectivity index (χ2n) is 5.67. The number of hydrogen-bond donors (Lipinski definition) is 2. The molecule has 2 amide bonds. The van der Waals surface area contributed by atoms with E-state index in [1.165, 1.54) is 17.4 Å². The number of rotatable bonds is 5.